The van der Waals surface area contributed by atoms with E-state index in [1.807, 2.05) is 24.3 Å². The average molecular weight is 380 g/mol. The van der Waals surface area contributed by atoms with Crippen LogP contribution in [0.2, 0.25) is 0 Å². The molecule has 148 valence electrons. The van der Waals surface area contributed by atoms with Crippen molar-refractivity contribution in [1.29, 1.82) is 0 Å². The summed E-state index contributed by atoms with van der Waals surface area (Å²) < 4.78 is 0. The Morgan fingerprint density at radius 3 is 2.64 bits per heavy atom. The Labute approximate surface area is 167 Å². The molecule has 2 aromatic carbocycles. The number of anilines is 1. The highest BCUT2D eigenvalue weighted by Gasteiger charge is 2.22. The second-order valence-electron chi connectivity index (χ2n) is 7.64. The molecular formula is C23H29N3O2. The first-order chi connectivity index (χ1) is 13.5. The van der Waals surface area contributed by atoms with E-state index >= 15 is 0 Å². The van der Waals surface area contributed by atoms with Gasteiger partial charge in [-0.1, -0.05) is 42.0 Å². The Balaban J connectivity index is 1.47. The number of hydrogen-bond acceptors (Lipinski definition) is 3. The van der Waals surface area contributed by atoms with Gasteiger partial charge in [0.1, 0.15) is 0 Å². The van der Waals surface area contributed by atoms with Gasteiger partial charge < -0.3 is 10.6 Å². The zero-order valence-electron chi connectivity index (χ0n) is 16.7. The van der Waals surface area contributed by atoms with E-state index in [-0.39, 0.29) is 11.8 Å². The van der Waals surface area contributed by atoms with E-state index < -0.39 is 0 Å². The molecule has 0 radical (unpaired) electrons. The van der Waals surface area contributed by atoms with Crippen molar-refractivity contribution in [1.82, 2.24) is 10.2 Å². The van der Waals surface area contributed by atoms with E-state index in [1.54, 1.807) is 0 Å². The normalized spacial score (nSPS) is 17.1. The van der Waals surface area contributed by atoms with Crippen LogP contribution in [0.5, 0.6) is 0 Å². The van der Waals surface area contributed by atoms with E-state index in [1.165, 1.54) is 24.5 Å². The van der Waals surface area contributed by atoms with Crippen molar-refractivity contribution >= 4 is 17.5 Å². The average Bonchev–Trinajstić information content (AvgIpc) is 2.67. The van der Waals surface area contributed by atoms with Crippen LogP contribution in [0.4, 0.5) is 5.69 Å². The lowest BCUT2D eigenvalue weighted by Gasteiger charge is -2.32. The smallest absolute Gasteiger partial charge is 0.234 e. The van der Waals surface area contributed by atoms with Gasteiger partial charge in [-0.05, 0) is 55.5 Å². The third kappa shape index (κ3) is 5.92. The van der Waals surface area contributed by atoms with Crippen molar-refractivity contribution in [3.8, 4) is 0 Å². The van der Waals surface area contributed by atoms with Crippen molar-refractivity contribution in [2.24, 2.45) is 0 Å². The van der Waals surface area contributed by atoms with Gasteiger partial charge in [0.05, 0.1) is 6.54 Å². The van der Waals surface area contributed by atoms with Crippen LogP contribution in [-0.2, 0) is 16.1 Å². The van der Waals surface area contributed by atoms with Gasteiger partial charge in [0.15, 0.2) is 0 Å². The molecule has 1 atom stereocenters. The van der Waals surface area contributed by atoms with Crippen molar-refractivity contribution in [3.05, 3.63) is 65.2 Å². The summed E-state index contributed by atoms with van der Waals surface area (Å²) in [5.74, 6) is 0.463. The zero-order valence-corrected chi connectivity index (χ0v) is 16.7. The summed E-state index contributed by atoms with van der Waals surface area (Å²) in [5, 5.41) is 5.74. The lowest BCUT2D eigenvalue weighted by Crippen LogP contribution is -2.41. The fraction of sp³-hybridized carbons (Fsp3) is 0.391. The minimum Gasteiger partial charge on any atom is -0.351 e. The number of likely N-dealkylation sites (tertiary alicyclic amines) is 1. The number of carbonyl (C=O) groups is 2. The number of rotatable bonds is 6. The second kappa shape index (κ2) is 9.51. The van der Waals surface area contributed by atoms with E-state index in [4.69, 9.17) is 0 Å². The molecule has 0 saturated carbocycles. The molecule has 1 unspecified atom stereocenters. The summed E-state index contributed by atoms with van der Waals surface area (Å²) in [5.41, 5.74) is 4.44. The van der Waals surface area contributed by atoms with Crippen molar-refractivity contribution in [2.45, 2.75) is 39.2 Å². The molecule has 0 aliphatic carbocycles. The Kier molecular flexibility index (Phi) is 6.82. The number of nitrogens with one attached hydrogen (secondary N) is 2. The molecule has 0 aromatic heterocycles. The monoisotopic (exact) mass is 379 g/mol. The maximum absolute atomic E-state index is 12.4. The van der Waals surface area contributed by atoms with Gasteiger partial charge >= 0.3 is 0 Å². The van der Waals surface area contributed by atoms with Gasteiger partial charge in [0, 0.05) is 25.7 Å². The minimum absolute atomic E-state index is 0.0517. The third-order valence-corrected chi connectivity index (χ3v) is 5.15. The molecule has 2 N–H and O–H groups in total. The molecular weight excluding hydrogens is 350 g/mol. The predicted molar refractivity (Wildman–Crippen MR) is 112 cm³/mol. The predicted octanol–water partition coefficient (Wildman–Crippen LogP) is 3.45. The van der Waals surface area contributed by atoms with Gasteiger partial charge in [0.25, 0.3) is 0 Å². The van der Waals surface area contributed by atoms with E-state index in [0.29, 0.717) is 19.0 Å². The largest absolute Gasteiger partial charge is 0.351 e. The fourth-order valence-electron chi connectivity index (χ4n) is 3.76. The SMILES string of the molecule is CC(=O)Nc1ccc(CNC(=O)CN2CCCC(c3cccc(C)c3)C2)cc1. The van der Waals surface area contributed by atoms with Gasteiger partial charge in [0.2, 0.25) is 11.8 Å². The molecule has 28 heavy (non-hydrogen) atoms. The van der Waals surface area contributed by atoms with Crippen LogP contribution in [0.25, 0.3) is 0 Å². The van der Waals surface area contributed by atoms with E-state index in [9.17, 15) is 9.59 Å². The molecule has 1 fully saturated rings. The number of carbonyl (C=O) groups excluding carboxylic acids is 2. The third-order valence-electron chi connectivity index (χ3n) is 5.15. The fourth-order valence-corrected chi connectivity index (χ4v) is 3.76. The van der Waals surface area contributed by atoms with Gasteiger partial charge in [-0.2, -0.15) is 0 Å². The number of amides is 2. The first kappa shape index (κ1) is 20.1. The highest BCUT2D eigenvalue weighted by Crippen LogP contribution is 2.27. The first-order valence-electron chi connectivity index (χ1n) is 9.92. The molecule has 1 saturated heterocycles. The molecule has 1 aliphatic heterocycles. The highest BCUT2D eigenvalue weighted by molar-refractivity contribution is 5.88. The molecule has 1 heterocycles. The molecule has 2 amide bonds. The summed E-state index contributed by atoms with van der Waals surface area (Å²) in [7, 11) is 0. The molecule has 1 aliphatic rings. The second-order valence-corrected chi connectivity index (χ2v) is 7.64. The molecule has 2 aromatic rings. The molecule has 0 spiro atoms. The van der Waals surface area contributed by atoms with Crippen molar-refractivity contribution in [2.75, 3.05) is 25.0 Å². The lowest BCUT2D eigenvalue weighted by molar-refractivity contribution is -0.122. The summed E-state index contributed by atoms with van der Waals surface area (Å²) in [6.45, 7) is 6.45. The standard InChI is InChI=1S/C23H29N3O2/c1-17-5-3-6-20(13-17)21-7-4-12-26(15-21)16-23(28)24-14-19-8-10-22(11-9-19)25-18(2)27/h3,5-6,8-11,13,21H,4,7,12,14-16H2,1-2H3,(H,24,28)(H,25,27). The Bertz CT molecular complexity index is 817. The number of aryl methyl sites for hydroxylation is 1. The van der Waals surface area contributed by atoms with Crippen LogP contribution in [0.3, 0.4) is 0 Å². The number of hydrogen-bond donors (Lipinski definition) is 2. The number of piperidine rings is 1. The lowest BCUT2D eigenvalue weighted by atomic mass is 9.90. The van der Waals surface area contributed by atoms with E-state index in [0.717, 1.165) is 30.8 Å². The van der Waals surface area contributed by atoms with Crippen LogP contribution in [-0.4, -0.2) is 36.3 Å². The topological polar surface area (TPSA) is 61.4 Å². The van der Waals surface area contributed by atoms with E-state index in [2.05, 4.69) is 46.7 Å². The summed E-state index contributed by atoms with van der Waals surface area (Å²) >= 11 is 0. The summed E-state index contributed by atoms with van der Waals surface area (Å²) in [6, 6.07) is 16.2. The van der Waals surface area contributed by atoms with Crippen LogP contribution < -0.4 is 10.6 Å². The van der Waals surface area contributed by atoms with Crippen LogP contribution in [0, 0.1) is 6.92 Å². The number of benzene rings is 2. The summed E-state index contributed by atoms with van der Waals surface area (Å²) in [6.07, 6.45) is 2.30. The molecule has 5 heteroatoms. The van der Waals surface area contributed by atoms with Gasteiger partial charge in [-0.25, -0.2) is 0 Å². The quantitative estimate of drug-likeness (QED) is 0.808. The first-order valence-corrected chi connectivity index (χ1v) is 9.92. The Morgan fingerprint density at radius 1 is 1.14 bits per heavy atom. The maximum atomic E-state index is 12.4. The maximum Gasteiger partial charge on any atom is 0.234 e. The van der Waals surface area contributed by atoms with Crippen LogP contribution in [0.1, 0.15) is 42.4 Å². The molecule has 0 bridgehead atoms. The Morgan fingerprint density at radius 2 is 1.93 bits per heavy atom. The van der Waals surface area contributed by atoms with Crippen molar-refractivity contribution in [3.63, 3.8) is 0 Å². The van der Waals surface area contributed by atoms with Gasteiger partial charge in [-0.15, -0.1) is 0 Å². The highest BCUT2D eigenvalue weighted by atomic mass is 16.2. The van der Waals surface area contributed by atoms with Crippen LogP contribution >= 0.6 is 0 Å². The Hall–Kier alpha value is -2.66. The van der Waals surface area contributed by atoms with Crippen molar-refractivity contribution < 1.29 is 9.59 Å². The van der Waals surface area contributed by atoms with Crippen LogP contribution in [0.15, 0.2) is 48.5 Å². The van der Waals surface area contributed by atoms with Gasteiger partial charge in [-0.3, -0.25) is 14.5 Å². The summed E-state index contributed by atoms with van der Waals surface area (Å²) in [4.78, 5) is 25.7. The minimum atomic E-state index is -0.0912. The molecule has 5 nitrogen and oxygen atoms in total. The molecule has 3 rings (SSSR count). The number of nitrogens with zero attached hydrogens (tertiary/aromatic N) is 1. The zero-order chi connectivity index (χ0) is 19.9.